The van der Waals surface area contributed by atoms with Gasteiger partial charge in [-0.15, -0.1) is 0 Å². The molecule has 20 heavy (non-hydrogen) atoms. The molecule has 0 fully saturated rings. The molecule has 0 aliphatic rings. The highest BCUT2D eigenvalue weighted by molar-refractivity contribution is 6.05. The van der Waals surface area contributed by atoms with Crippen molar-refractivity contribution in [3.05, 3.63) is 63.7 Å². The molecule has 2 aromatic carbocycles. The van der Waals surface area contributed by atoms with Gasteiger partial charge in [0.15, 0.2) is 0 Å². The van der Waals surface area contributed by atoms with Gasteiger partial charge >= 0.3 is 0 Å². The summed E-state index contributed by atoms with van der Waals surface area (Å²) in [6.45, 7) is 10.2. The van der Waals surface area contributed by atoms with E-state index in [0.717, 1.165) is 22.4 Å². The summed E-state index contributed by atoms with van der Waals surface area (Å²) in [4.78, 5) is 12.4. The van der Waals surface area contributed by atoms with E-state index in [1.165, 1.54) is 16.7 Å². The SMILES string of the molecule is Cc1ccc(NC(=O)c2cc(C)c(C)cc2C)cc1C. The summed E-state index contributed by atoms with van der Waals surface area (Å²) in [5, 5.41) is 2.97. The van der Waals surface area contributed by atoms with Crippen LogP contribution in [0.4, 0.5) is 5.69 Å². The van der Waals surface area contributed by atoms with E-state index < -0.39 is 0 Å². The number of aryl methyl sites for hydroxylation is 5. The topological polar surface area (TPSA) is 29.1 Å². The molecule has 0 radical (unpaired) electrons. The van der Waals surface area contributed by atoms with Crippen LogP contribution in [0.5, 0.6) is 0 Å². The molecule has 0 aromatic heterocycles. The van der Waals surface area contributed by atoms with Gasteiger partial charge in [-0.1, -0.05) is 12.1 Å². The largest absolute Gasteiger partial charge is 0.322 e. The van der Waals surface area contributed by atoms with Crippen LogP contribution in [0, 0.1) is 34.6 Å². The second-order valence-corrected chi connectivity index (χ2v) is 5.50. The van der Waals surface area contributed by atoms with Crippen LogP contribution in [0.15, 0.2) is 30.3 Å². The van der Waals surface area contributed by atoms with Gasteiger partial charge in [-0.25, -0.2) is 0 Å². The first-order chi connectivity index (χ1) is 9.38. The average Bonchev–Trinajstić information content (AvgIpc) is 2.38. The Hall–Kier alpha value is -2.09. The number of amides is 1. The number of anilines is 1. The summed E-state index contributed by atoms with van der Waals surface area (Å²) in [5.41, 5.74) is 7.35. The predicted octanol–water partition coefficient (Wildman–Crippen LogP) is 4.48. The lowest BCUT2D eigenvalue weighted by atomic mass is 10.0. The highest BCUT2D eigenvalue weighted by Crippen LogP contribution is 2.19. The molecular weight excluding hydrogens is 246 g/mol. The zero-order valence-corrected chi connectivity index (χ0v) is 12.8. The van der Waals surface area contributed by atoms with E-state index in [4.69, 9.17) is 0 Å². The molecule has 0 atom stereocenters. The smallest absolute Gasteiger partial charge is 0.255 e. The third kappa shape index (κ3) is 2.90. The minimum atomic E-state index is -0.0474. The zero-order chi connectivity index (χ0) is 14.9. The number of carbonyl (C=O) groups is 1. The van der Waals surface area contributed by atoms with Crippen LogP contribution in [0.25, 0.3) is 0 Å². The van der Waals surface area contributed by atoms with Crippen molar-refractivity contribution in [1.82, 2.24) is 0 Å². The molecule has 104 valence electrons. The maximum absolute atomic E-state index is 12.4. The molecule has 0 spiro atoms. The molecular formula is C18H21NO. The third-order valence-electron chi connectivity index (χ3n) is 3.85. The molecule has 0 saturated carbocycles. The van der Waals surface area contributed by atoms with Crippen molar-refractivity contribution in [3.63, 3.8) is 0 Å². The number of hydrogen-bond acceptors (Lipinski definition) is 1. The van der Waals surface area contributed by atoms with E-state index in [9.17, 15) is 4.79 Å². The van der Waals surface area contributed by atoms with Crippen LogP contribution in [0.3, 0.4) is 0 Å². The molecule has 1 N–H and O–H groups in total. The van der Waals surface area contributed by atoms with Gasteiger partial charge in [-0.05, 0) is 80.6 Å². The zero-order valence-electron chi connectivity index (χ0n) is 12.8. The van der Waals surface area contributed by atoms with Crippen molar-refractivity contribution < 1.29 is 4.79 Å². The summed E-state index contributed by atoms with van der Waals surface area (Å²) in [5.74, 6) is -0.0474. The summed E-state index contributed by atoms with van der Waals surface area (Å²) in [6, 6.07) is 9.99. The van der Waals surface area contributed by atoms with E-state index in [1.807, 2.05) is 45.0 Å². The fourth-order valence-corrected chi connectivity index (χ4v) is 2.22. The van der Waals surface area contributed by atoms with Crippen molar-refractivity contribution in [2.45, 2.75) is 34.6 Å². The van der Waals surface area contributed by atoms with Gasteiger partial charge in [0, 0.05) is 11.3 Å². The van der Waals surface area contributed by atoms with Crippen LogP contribution >= 0.6 is 0 Å². The number of hydrogen-bond donors (Lipinski definition) is 1. The minimum Gasteiger partial charge on any atom is -0.322 e. The van der Waals surface area contributed by atoms with Gasteiger partial charge in [0.05, 0.1) is 0 Å². The molecule has 0 unspecified atom stereocenters. The lowest BCUT2D eigenvalue weighted by molar-refractivity contribution is 0.102. The maximum atomic E-state index is 12.4. The lowest BCUT2D eigenvalue weighted by Crippen LogP contribution is -2.14. The first-order valence-electron chi connectivity index (χ1n) is 6.85. The number of benzene rings is 2. The quantitative estimate of drug-likeness (QED) is 0.854. The molecule has 0 bridgehead atoms. The maximum Gasteiger partial charge on any atom is 0.255 e. The van der Waals surface area contributed by atoms with E-state index in [2.05, 4.69) is 25.2 Å². The van der Waals surface area contributed by atoms with E-state index in [1.54, 1.807) is 0 Å². The summed E-state index contributed by atoms with van der Waals surface area (Å²) in [7, 11) is 0. The number of carbonyl (C=O) groups excluding carboxylic acids is 1. The Morgan fingerprint density at radius 3 is 2.00 bits per heavy atom. The van der Waals surface area contributed by atoms with Gasteiger partial charge < -0.3 is 5.32 Å². The van der Waals surface area contributed by atoms with Gasteiger partial charge in [-0.2, -0.15) is 0 Å². The Labute approximate surface area is 120 Å². The van der Waals surface area contributed by atoms with Crippen LogP contribution < -0.4 is 5.32 Å². The van der Waals surface area contributed by atoms with Crippen molar-refractivity contribution in [2.24, 2.45) is 0 Å². The predicted molar refractivity (Wildman–Crippen MR) is 84.5 cm³/mol. The first-order valence-corrected chi connectivity index (χ1v) is 6.85. The number of rotatable bonds is 2. The van der Waals surface area contributed by atoms with Gasteiger partial charge in [0.2, 0.25) is 0 Å². The van der Waals surface area contributed by atoms with Crippen LogP contribution in [-0.2, 0) is 0 Å². The summed E-state index contributed by atoms with van der Waals surface area (Å²) >= 11 is 0. The monoisotopic (exact) mass is 267 g/mol. The standard InChI is InChI=1S/C18H21NO/c1-11-6-7-16(9-13(11)3)19-18(20)17-10-14(4)12(2)8-15(17)5/h6-10H,1-5H3,(H,19,20). The van der Waals surface area contributed by atoms with Crippen LogP contribution in [0.1, 0.15) is 38.2 Å². The molecule has 2 rings (SSSR count). The first kappa shape index (κ1) is 14.3. The Morgan fingerprint density at radius 1 is 0.750 bits per heavy atom. The van der Waals surface area contributed by atoms with Crippen molar-refractivity contribution >= 4 is 11.6 Å². The van der Waals surface area contributed by atoms with Crippen LogP contribution in [-0.4, -0.2) is 5.91 Å². The molecule has 2 nitrogen and oxygen atoms in total. The third-order valence-corrected chi connectivity index (χ3v) is 3.85. The molecule has 1 amide bonds. The fourth-order valence-electron chi connectivity index (χ4n) is 2.22. The summed E-state index contributed by atoms with van der Waals surface area (Å²) in [6.07, 6.45) is 0. The Balaban J connectivity index is 2.28. The minimum absolute atomic E-state index is 0.0474. The second kappa shape index (κ2) is 5.49. The number of nitrogens with one attached hydrogen (secondary N) is 1. The fraction of sp³-hybridized carbons (Fsp3) is 0.278. The normalized spacial score (nSPS) is 10.4. The Kier molecular flexibility index (Phi) is 3.93. The molecule has 0 aliphatic heterocycles. The second-order valence-electron chi connectivity index (χ2n) is 5.50. The van der Waals surface area contributed by atoms with Crippen molar-refractivity contribution in [2.75, 3.05) is 5.32 Å². The summed E-state index contributed by atoms with van der Waals surface area (Å²) < 4.78 is 0. The highest BCUT2D eigenvalue weighted by atomic mass is 16.1. The molecule has 0 heterocycles. The van der Waals surface area contributed by atoms with Crippen molar-refractivity contribution in [3.8, 4) is 0 Å². The van der Waals surface area contributed by atoms with Crippen molar-refractivity contribution in [1.29, 1.82) is 0 Å². The molecule has 2 aromatic rings. The van der Waals surface area contributed by atoms with E-state index in [-0.39, 0.29) is 5.91 Å². The molecule has 0 saturated heterocycles. The average molecular weight is 267 g/mol. The van der Waals surface area contributed by atoms with Gasteiger partial charge in [-0.3, -0.25) is 4.79 Å². The Bertz CT molecular complexity index is 671. The van der Waals surface area contributed by atoms with Crippen LogP contribution in [0.2, 0.25) is 0 Å². The molecule has 0 aliphatic carbocycles. The lowest BCUT2D eigenvalue weighted by Gasteiger charge is -2.11. The van der Waals surface area contributed by atoms with Gasteiger partial charge in [0.1, 0.15) is 0 Å². The van der Waals surface area contributed by atoms with E-state index >= 15 is 0 Å². The van der Waals surface area contributed by atoms with Gasteiger partial charge in [0.25, 0.3) is 5.91 Å². The molecule has 2 heteroatoms. The Morgan fingerprint density at radius 2 is 1.35 bits per heavy atom. The highest BCUT2D eigenvalue weighted by Gasteiger charge is 2.11. The van der Waals surface area contributed by atoms with E-state index in [0.29, 0.717) is 0 Å².